The average Bonchev–Trinajstić information content (AvgIpc) is 2.34. The van der Waals surface area contributed by atoms with E-state index >= 15 is 0 Å². The number of benzene rings is 1. The molecule has 1 aromatic rings. The number of methoxy groups -OCH3 is 1. The van der Waals surface area contributed by atoms with Crippen LogP contribution < -0.4 is 10.9 Å². The Balaban J connectivity index is 2.55. The summed E-state index contributed by atoms with van der Waals surface area (Å²) in [6.45, 7) is 2.02. The lowest BCUT2D eigenvalue weighted by atomic mass is 10.1. The minimum atomic E-state index is -3.94. The van der Waals surface area contributed by atoms with Gasteiger partial charge in [0.15, 0.2) is 0 Å². The fourth-order valence-corrected chi connectivity index (χ4v) is 3.19. The number of amidine groups is 1. The predicted molar refractivity (Wildman–Crippen MR) is 68.7 cm³/mol. The highest BCUT2D eigenvalue weighted by molar-refractivity contribution is 7.90. The molecule has 0 saturated heterocycles. The molecule has 0 aromatic heterocycles. The Morgan fingerprint density at radius 2 is 2.21 bits per heavy atom. The van der Waals surface area contributed by atoms with Crippen LogP contribution in [0.4, 0.5) is 10.1 Å². The molecule has 19 heavy (non-hydrogen) atoms. The highest BCUT2D eigenvalue weighted by Crippen LogP contribution is 2.31. The van der Waals surface area contributed by atoms with Gasteiger partial charge >= 0.3 is 0 Å². The normalized spacial score (nSPS) is 18.7. The van der Waals surface area contributed by atoms with E-state index in [4.69, 9.17) is 10.6 Å². The summed E-state index contributed by atoms with van der Waals surface area (Å²) in [5.74, 6) is 5.06. The lowest BCUT2D eigenvalue weighted by Gasteiger charge is -2.29. The Kier molecular flexibility index (Phi) is 3.57. The smallest absolute Gasteiger partial charge is 0.286 e. The van der Waals surface area contributed by atoms with E-state index in [2.05, 4.69) is 4.40 Å². The topological polar surface area (TPSA) is 85.0 Å². The lowest BCUT2D eigenvalue weighted by molar-refractivity contribution is 0.181. The van der Waals surface area contributed by atoms with E-state index in [-0.39, 0.29) is 28.9 Å². The lowest BCUT2D eigenvalue weighted by Crippen LogP contribution is -2.45. The van der Waals surface area contributed by atoms with Crippen molar-refractivity contribution in [1.29, 1.82) is 0 Å². The number of rotatable bonds is 3. The molecule has 1 unspecified atom stereocenters. The maximum absolute atomic E-state index is 13.1. The fraction of sp³-hybridized carbons (Fsp3) is 0.364. The molecule has 0 saturated carbocycles. The number of hydrogen-bond donors (Lipinski definition) is 1. The fourth-order valence-electron chi connectivity index (χ4n) is 1.89. The van der Waals surface area contributed by atoms with Crippen LogP contribution in [0.1, 0.15) is 6.92 Å². The maximum Gasteiger partial charge on any atom is 0.286 e. The van der Waals surface area contributed by atoms with Gasteiger partial charge in [-0.2, -0.15) is 8.42 Å². The molecule has 0 bridgehead atoms. The molecular weight excluding hydrogens is 273 g/mol. The molecule has 1 aromatic carbocycles. The van der Waals surface area contributed by atoms with Crippen LogP contribution in [0.2, 0.25) is 0 Å². The number of hydrazine groups is 1. The van der Waals surface area contributed by atoms with E-state index < -0.39 is 15.8 Å². The maximum atomic E-state index is 13.1. The van der Waals surface area contributed by atoms with Gasteiger partial charge < -0.3 is 4.74 Å². The third-order valence-corrected chi connectivity index (χ3v) is 4.09. The van der Waals surface area contributed by atoms with Gasteiger partial charge in [0, 0.05) is 13.0 Å². The number of fused-ring (bicyclic) bond motifs is 1. The standard InChI is InChI=1S/C11H14FN3O3S/c1-7(6-18-2)11-14-19(16,17)10-5-8(12)3-4-9(10)15(11)13/h3-5,7H,6,13H2,1-2H3. The van der Waals surface area contributed by atoms with Crippen LogP contribution in [-0.2, 0) is 14.8 Å². The molecule has 8 heteroatoms. The summed E-state index contributed by atoms with van der Waals surface area (Å²) < 4.78 is 45.8. The number of nitrogens with two attached hydrogens (primary N) is 1. The largest absolute Gasteiger partial charge is 0.384 e. The van der Waals surface area contributed by atoms with E-state index in [1.165, 1.54) is 13.2 Å². The SMILES string of the molecule is COCC(C)C1=NS(=O)(=O)c2cc(F)ccc2N1N. The Labute approximate surface area is 110 Å². The molecule has 1 aliphatic heterocycles. The van der Waals surface area contributed by atoms with Gasteiger partial charge in [-0.05, 0) is 18.2 Å². The first kappa shape index (κ1) is 13.9. The van der Waals surface area contributed by atoms with E-state index in [9.17, 15) is 12.8 Å². The minimum Gasteiger partial charge on any atom is -0.384 e. The molecule has 104 valence electrons. The predicted octanol–water partition coefficient (Wildman–Crippen LogP) is 0.889. The average molecular weight is 287 g/mol. The number of nitrogens with zero attached hydrogens (tertiary/aromatic N) is 2. The Hall–Kier alpha value is -1.51. The van der Waals surface area contributed by atoms with Crippen LogP contribution in [-0.4, -0.2) is 28.0 Å². The molecule has 1 heterocycles. The van der Waals surface area contributed by atoms with Gasteiger partial charge in [0.05, 0.1) is 12.3 Å². The minimum absolute atomic E-state index is 0.168. The van der Waals surface area contributed by atoms with E-state index in [0.29, 0.717) is 0 Å². The summed E-state index contributed by atoms with van der Waals surface area (Å²) in [7, 11) is -2.44. The van der Waals surface area contributed by atoms with Gasteiger partial charge in [-0.3, -0.25) is 5.01 Å². The zero-order valence-electron chi connectivity index (χ0n) is 10.5. The first-order valence-electron chi connectivity index (χ1n) is 5.55. The number of ether oxygens (including phenoxy) is 1. The molecule has 0 amide bonds. The summed E-state index contributed by atoms with van der Waals surface area (Å²) in [5.41, 5.74) is 0.203. The van der Waals surface area contributed by atoms with E-state index in [0.717, 1.165) is 17.1 Å². The van der Waals surface area contributed by atoms with Gasteiger partial charge in [-0.15, -0.1) is 4.40 Å². The zero-order chi connectivity index (χ0) is 14.2. The molecule has 6 nitrogen and oxygen atoms in total. The highest BCUT2D eigenvalue weighted by Gasteiger charge is 2.32. The summed E-state index contributed by atoms with van der Waals surface area (Å²) in [6, 6.07) is 3.38. The second-order valence-electron chi connectivity index (χ2n) is 4.26. The van der Waals surface area contributed by atoms with Gasteiger partial charge in [0.1, 0.15) is 16.5 Å². The van der Waals surface area contributed by atoms with Crippen molar-refractivity contribution in [3.63, 3.8) is 0 Å². The van der Waals surface area contributed by atoms with Crippen molar-refractivity contribution in [3.8, 4) is 0 Å². The molecule has 0 fully saturated rings. The van der Waals surface area contributed by atoms with Crippen LogP contribution in [0, 0.1) is 11.7 Å². The molecule has 0 spiro atoms. The van der Waals surface area contributed by atoms with Crippen LogP contribution >= 0.6 is 0 Å². The number of hydrogen-bond acceptors (Lipinski definition) is 5. The van der Waals surface area contributed by atoms with Crippen molar-refractivity contribution in [3.05, 3.63) is 24.0 Å². The molecule has 2 N–H and O–H groups in total. The van der Waals surface area contributed by atoms with Crippen LogP contribution in [0.3, 0.4) is 0 Å². The highest BCUT2D eigenvalue weighted by atomic mass is 32.2. The second-order valence-corrected chi connectivity index (χ2v) is 5.84. The molecule has 1 atom stereocenters. The molecule has 0 aliphatic carbocycles. The third kappa shape index (κ3) is 2.46. The number of sulfonamides is 1. The van der Waals surface area contributed by atoms with Crippen molar-refractivity contribution in [2.24, 2.45) is 16.2 Å². The number of halogens is 1. The van der Waals surface area contributed by atoms with Gasteiger partial charge in [-0.1, -0.05) is 6.92 Å². The van der Waals surface area contributed by atoms with Gasteiger partial charge in [0.2, 0.25) is 0 Å². The first-order valence-corrected chi connectivity index (χ1v) is 6.99. The quantitative estimate of drug-likeness (QED) is 0.834. The van der Waals surface area contributed by atoms with Crippen molar-refractivity contribution in [2.75, 3.05) is 18.7 Å². The van der Waals surface area contributed by atoms with Gasteiger partial charge in [0.25, 0.3) is 10.0 Å². The summed E-state index contributed by atoms with van der Waals surface area (Å²) in [5, 5.41) is 1.15. The molecule has 1 aliphatic rings. The van der Waals surface area contributed by atoms with Gasteiger partial charge in [-0.25, -0.2) is 10.2 Å². The van der Waals surface area contributed by atoms with Crippen LogP contribution in [0.25, 0.3) is 0 Å². The van der Waals surface area contributed by atoms with Crippen molar-refractivity contribution < 1.29 is 17.5 Å². The number of anilines is 1. The van der Waals surface area contributed by atoms with E-state index in [1.54, 1.807) is 6.92 Å². The Morgan fingerprint density at radius 1 is 1.53 bits per heavy atom. The first-order chi connectivity index (χ1) is 8.86. The second kappa shape index (κ2) is 4.87. The van der Waals surface area contributed by atoms with Crippen LogP contribution in [0.5, 0.6) is 0 Å². The monoisotopic (exact) mass is 287 g/mol. The Morgan fingerprint density at radius 3 is 2.84 bits per heavy atom. The summed E-state index contributed by atoms with van der Waals surface area (Å²) in [4.78, 5) is -0.233. The Bertz CT molecular complexity index is 630. The summed E-state index contributed by atoms with van der Waals surface area (Å²) >= 11 is 0. The third-order valence-electron chi connectivity index (χ3n) is 2.78. The van der Waals surface area contributed by atoms with E-state index in [1.807, 2.05) is 0 Å². The van der Waals surface area contributed by atoms with Crippen LogP contribution in [0.15, 0.2) is 27.5 Å². The van der Waals surface area contributed by atoms with Crippen molar-refractivity contribution in [1.82, 2.24) is 0 Å². The molecular formula is C11H14FN3O3S. The summed E-state index contributed by atoms with van der Waals surface area (Å²) in [6.07, 6.45) is 0. The molecule has 0 radical (unpaired) electrons. The molecule has 2 rings (SSSR count). The van der Waals surface area contributed by atoms with Crippen molar-refractivity contribution in [2.45, 2.75) is 11.8 Å². The van der Waals surface area contributed by atoms with Crippen molar-refractivity contribution >= 4 is 21.5 Å². The zero-order valence-corrected chi connectivity index (χ0v) is 11.3.